The lowest BCUT2D eigenvalue weighted by Gasteiger charge is -2.10. The Balaban J connectivity index is 1.55. The highest BCUT2D eigenvalue weighted by Crippen LogP contribution is 2.30. The molecule has 1 aliphatic heterocycles. The molecule has 0 bridgehead atoms. The van der Waals surface area contributed by atoms with Gasteiger partial charge in [0.25, 0.3) is 0 Å². The summed E-state index contributed by atoms with van der Waals surface area (Å²) in [5.74, 6) is 0.00596. The van der Waals surface area contributed by atoms with Gasteiger partial charge < -0.3 is 10.6 Å². The Kier molecular flexibility index (Phi) is 3.41. The Hall–Kier alpha value is -2.30. The average molecular weight is 270 g/mol. The Morgan fingerprint density at radius 2 is 2.35 bits per heavy atom. The topological polar surface area (TPSA) is 59.0 Å². The summed E-state index contributed by atoms with van der Waals surface area (Å²) in [5, 5.41) is 10.4. The molecule has 1 aromatic heterocycles. The molecular formula is C15H18N4O. The molecule has 0 fully saturated rings. The van der Waals surface area contributed by atoms with Gasteiger partial charge in [0.15, 0.2) is 0 Å². The SMILES string of the molecule is Cn1cc(CCNC(=O)C2CNc3ccccc32)cn1. The number of para-hydroxylation sites is 1. The van der Waals surface area contributed by atoms with E-state index in [0.717, 1.165) is 23.2 Å². The molecule has 104 valence electrons. The van der Waals surface area contributed by atoms with E-state index in [1.54, 1.807) is 4.68 Å². The molecule has 1 atom stereocenters. The highest BCUT2D eigenvalue weighted by molar-refractivity contribution is 5.88. The van der Waals surface area contributed by atoms with Crippen molar-refractivity contribution in [2.45, 2.75) is 12.3 Å². The monoisotopic (exact) mass is 270 g/mol. The highest BCUT2D eigenvalue weighted by atomic mass is 16.1. The average Bonchev–Trinajstić information content (AvgIpc) is 3.05. The molecule has 3 rings (SSSR count). The first-order valence-corrected chi connectivity index (χ1v) is 6.82. The van der Waals surface area contributed by atoms with Crippen molar-refractivity contribution in [1.82, 2.24) is 15.1 Å². The van der Waals surface area contributed by atoms with Crippen LogP contribution in [0.25, 0.3) is 0 Å². The number of hydrogen-bond donors (Lipinski definition) is 2. The first-order valence-electron chi connectivity index (χ1n) is 6.82. The molecule has 0 radical (unpaired) electrons. The van der Waals surface area contributed by atoms with Crippen LogP contribution in [0, 0.1) is 0 Å². The van der Waals surface area contributed by atoms with Gasteiger partial charge in [-0.05, 0) is 23.6 Å². The molecule has 5 nitrogen and oxygen atoms in total. The zero-order valence-corrected chi connectivity index (χ0v) is 11.5. The number of carbonyl (C=O) groups is 1. The lowest BCUT2D eigenvalue weighted by molar-refractivity contribution is -0.122. The fourth-order valence-electron chi connectivity index (χ4n) is 2.57. The van der Waals surface area contributed by atoms with Crippen LogP contribution in [0.5, 0.6) is 0 Å². The second-order valence-corrected chi connectivity index (χ2v) is 5.08. The number of benzene rings is 1. The van der Waals surface area contributed by atoms with Crippen molar-refractivity contribution < 1.29 is 4.79 Å². The maximum Gasteiger partial charge on any atom is 0.229 e. The van der Waals surface area contributed by atoms with Crippen LogP contribution in [0.4, 0.5) is 5.69 Å². The summed E-state index contributed by atoms with van der Waals surface area (Å²) < 4.78 is 1.77. The summed E-state index contributed by atoms with van der Waals surface area (Å²) in [4.78, 5) is 12.2. The number of rotatable bonds is 4. The van der Waals surface area contributed by atoms with E-state index in [2.05, 4.69) is 15.7 Å². The first-order chi connectivity index (χ1) is 9.74. The van der Waals surface area contributed by atoms with Gasteiger partial charge in [0.1, 0.15) is 0 Å². The van der Waals surface area contributed by atoms with E-state index in [1.165, 1.54) is 0 Å². The number of nitrogens with one attached hydrogen (secondary N) is 2. The van der Waals surface area contributed by atoms with Crippen LogP contribution < -0.4 is 10.6 Å². The molecule has 0 saturated heterocycles. The number of carbonyl (C=O) groups excluding carboxylic acids is 1. The van der Waals surface area contributed by atoms with Crippen LogP contribution >= 0.6 is 0 Å². The number of anilines is 1. The molecule has 1 unspecified atom stereocenters. The lowest BCUT2D eigenvalue weighted by Crippen LogP contribution is -2.31. The molecule has 0 saturated carbocycles. The number of hydrogen-bond acceptors (Lipinski definition) is 3. The predicted molar refractivity (Wildman–Crippen MR) is 77.6 cm³/mol. The van der Waals surface area contributed by atoms with Crippen LogP contribution in [0.2, 0.25) is 0 Å². The van der Waals surface area contributed by atoms with Gasteiger partial charge in [-0.15, -0.1) is 0 Å². The second-order valence-electron chi connectivity index (χ2n) is 5.08. The third-order valence-electron chi connectivity index (χ3n) is 3.62. The van der Waals surface area contributed by atoms with E-state index in [1.807, 2.05) is 43.7 Å². The van der Waals surface area contributed by atoms with Gasteiger partial charge in [0.2, 0.25) is 5.91 Å². The van der Waals surface area contributed by atoms with Crippen LogP contribution in [-0.4, -0.2) is 28.8 Å². The van der Waals surface area contributed by atoms with Crippen molar-refractivity contribution in [3.63, 3.8) is 0 Å². The lowest BCUT2D eigenvalue weighted by atomic mass is 10.0. The molecular weight excluding hydrogens is 252 g/mol. The quantitative estimate of drug-likeness (QED) is 0.880. The van der Waals surface area contributed by atoms with E-state index in [-0.39, 0.29) is 11.8 Å². The Bertz CT molecular complexity index is 620. The molecule has 20 heavy (non-hydrogen) atoms. The molecule has 1 amide bonds. The van der Waals surface area contributed by atoms with Gasteiger partial charge in [0.05, 0.1) is 12.1 Å². The van der Waals surface area contributed by atoms with Gasteiger partial charge in [-0.1, -0.05) is 18.2 Å². The number of fused-ring (bicyclic) bond motifs is 1. The minimum absolute atomic E-state index is 0.0832. The number of aryl methyl sites for hydroxylation is 1. The van der Waals surface area contributed by atoms with Crippen LogP contribution in [-0.2, 0) is 18.3 Å². The summed E-state index contributed by atoms with van der Waals surface area (Å²) in [6, 6.07) is 7.98. The van der Waals surface area contributed by atoms with Gasteiger partial charge in [-0.2, -0.15) is 5.10 Å². The fraction of sp³-hybridized carbons (Fsp3) is 0.333. The molecule has 2 aromatic rings. The smallest absolute Gasteiger partial charge is 0.229 e. The number of amides is 1. The van der Waals surface area contributed by atoms with Crippen molar-refractivity contribution >= 4 is 11.6 Å². The summed E-state index contributed by atoms with van der Waals surface area (Å²) in [6.07, 6.45) is 4.61. The Morgan fingerprint density at radius 1 is 1.50 bits per heavy atom. The van der Waals surface area contributed by atoms with Crippen molar-refractivity contribution in [2.75, 3.05) is 18.4 Å². The van der Waals surface area contributed by atoms with E-state index >= 15 is 0 Å². The first kappa shape index (κ1) is 12.7. The van der Waals surface area contributed by atoms with Crippen molar-refractivity contribution in [3.05, 3.63) is 47.8 Å². The van der Waals surface area contributed by atoms with Crippen LogP contribution in [0.1, 0.15) is 17.0 Å². The van der Waals surface area contributed by atoms with E-state index in [9.17, 15) is 4.79 Å². The zero-order chi connectivity index (χ0) is 13.9. The molecule has 1 aromatic carbocycles. The van der Waals surface area contributed by atoms with E-state index in [4.69, 9.17) is 0 Å². The van der Waals surface area contributed by atoms with Crippen molar-refractivity contribution in [1.29, 1.82) is 0 Å². The second kappa shape index (κ2) is 5.36. The molecule has 1 aliphatic rings. The van der Waals surface area contributed by atoms with Gasteiger partial charge in [-0.3, -0.25) is 9.48 Å². The predicted octanol–water partition coefficient (Wildman–Crippen LogP) is 1.29. The van der Waals surface area contributed by atoms with Crippen LogP contribution in [0.15, 0.2) is 36.7 Å². The normalized spacial score (nSPS) is 16.6. The number of aromatic nitrogens is 2. The van der Waals surface area contributed by atoms with Gasteiger partial charge in [-0.25, -0.2) is 0 Å². The van der Waals surface area contributed by atoms with Crippen LogP contribution in [0.3, 0.4) is 0 Å². The third-order valence-corrected chi connectivity index (χ3v) is 3.62. The molecule has 5 heteroatoms. The summed E-state index contributed by atoms with van der Waals surface area (Å²) in [5.41, 5.74) is 3.30. The summed E-state index contributed by atoms with van der Waals surface area (Å²) >= 11 is 0. The number of nitrogens with zero attached hydrogens (tertiary/aromatic N) is 2. The standard InChI is InChI=1S/C15H18N4O/c1-19-10-11(8-18-19)6-7-16-15(20)13-9-17-14-5-3-2-4-12(13)14/h2-5,8,10,13,17H,6-7,9H2,1H3,(H,16,20). The zero-order valence-electron chi connectivity index (χ0n) is 11.5. The summed E-state index contributed by atoms with van der Waals surface area (Å²) in [6.45, 7) is 1.32. The van der Waals surface area contributed by atoms with E-state index in [0.29, 0.717) is 13.1 Å². The fourth-order valence-corrected chi connectivity index (χ4v) is 2.57. The van der Waals surface area contributed by atoms with Crippen molar-refractivity contribution in [3.8, 4) is 0 Å². The Morgan fingerprint density at radius 3 is 3.15 bits per heavy atom. The van der Waals surface area contributed by atoms with E-state index < -0.39 is 0 Å². The maximum absolute atomic E-state index is 12.2. The molecule has 0 spiro atoms. The van der Waals surface area contributed by atoms with Gasteiger partial charge >= 0.3 is 0 Å². The summed E-state index contributed by atoms with van der Waals surface area (Å²) in [7, 11) is 1.89. The largest absolute Gasteiger partial charge is 0.384 e. The minimum atomic E-state index is -0.0832. The third kappa shape index (κ3) is 2.52. The minimum Gasteiger partial charge on any atom is -0.384 e. The molecule has 0 aliphatic carbocycles. The molecule has 2 heterocycles. The Labute approximate surface area is 118 Å². The van der Waals surface area contributed by atoms with Gasteiger partial charge in [0, 0.05) is 32.0 Å². The van der Waals surface area contributed by atoms with Crippen molar-refractivity contribution in [2.24, 2.45) is 7.05 Å². The highest BCUT2D eigenvalue weighted by Gasteiger charge is 2.27. The molecule has 2 N–H and O–H groups in total. The maximum atomic E-state index is 12.2.